The van der Waals surface area contributed by atoms with Gasteiger partial charge in [-0.3, -0.25) is 0 Å². The van der Waals surface area contributed by atoms with Gasteiger partial charge in [0.15, 0.2) is 0 Å². The Morgan fingerprint density at radius 3 is 1.94 bits per heavy atom. The maximum atomic E-state index is 6.14. The van der Waals surface area contributed by atoms with Crippen LogP contribution in [0.2, 0.25) is 10.0 Å². The Balaban J connectivity index is 2.50. The second-order valence-electron chi connectivity index (χ2n) is 3.43. The lowest BCUT2D eigenvalue weighted by Gasteiger charge is -2.07. The molecule has 16 heavy (non-hydrogen) atoms. The maximum Gasteiger partial charge on any atom is 0.0499 e. The summed E-state index contributed by atoms with van der Waals surface area (Å²) in [6.07, 6.45) is 0. The third-order valence-electron chi connectivity index (χ3n) is 2.36. The zero-order valence-corrected chi connectivity index (χ0v) is 11.5. The Morgan fingerprint density at radius 2 is 1.44 bits per heavy atom. The van der Waals surface area contributed by atoms with Gasteiger partial charge in [-0.05, 0) is 23.3 Å². The molecule has 0 radical (unpaired) electrons. The summed E-state index contributed by atoms with van der Waals surface area (Å²) >= 11 is 15.7. The highest BCUT2D eigenvalue weighted by Gasteiger charge is 2.07. The van der Waals surface area contributed by atoms with Crippen molar-refractivity contribution >= 4 is 39.1 Å². The highest BCUT2D eigenvalue weighted by atomic mass is 79.9. The third-order valence-corrected chi connectivity index (χ3v) is 3.64. The molecular weight excluding hydrogens is 307 g/mol. The lowest BCUT2D eigenvalue weighted by Crippen LogP contribution is -1.83. The minimum absolute atomic E-state index is 0.680. The summed E-state index contributed by atoms with van der Waals surface area (Å²) in [5, 5.41) is 2.21. The van der Waals surface area contributed by atoms with Crippen LogP contribution < -0.4 is 0 Å². The average Bonchev–Trinajstić information content (AvgIpc) is 2.30. The number of alkyl halides is 1. The first-order chi connectivity index (χ1) is 7.72. The van der Waals surface area contributed by atoms with E-state index in [0.29, 0.717) is 10.0 Å². The molecule has 0 bridgehead atoms. The molecule has 0 saturated heterocycles. The molecule has 2 aromatic rings. The Hall–Kier alpha value is -0.500. The van der Waals surface area contributed by atoms with Gasteiger partial charge in [-0.15, -0.1) is 0 Å². The number of rotatable bonds is 2. The van der Waals surface area contributed by atoms with Crippen molar-refractivity contribution in [2.45, 2.75) is 5.33 Å². The van der Waals surface area contributed by atoms with Crippen molar-refractivity contribution in [2.24, 2.45) is 0 Å². The van der Waals surface area contributed by atoms with Crippen LogP contribution in [0.5, 0.6) is 0 Å². The number of halogens is 3. The first kappa shape index (κ1) is 12.0. The SMILES string of the molecule is Clc1cccc(Cl)c1-c1ccc(CBr)cc1. The van der Waals surface area contributed by atoms with Gasteiger partial charge in [-0.2, -0.15) is 0 Å². The summed E-state index contributed by atoms with van der Waals surface area (Å²) < 4.78 is 0. The normalized spacial score (nSPS) is 10.4. The van der Waals surface area contributed by atoms with Gasteiger partial charge in [0.2, 0.25) is 0 Å². The van der Waals surface area contributed by atoms with Gasteiger partial charge in [-0.25, -0.2) is 0 Å². The molecule has 0 amide bonds. The van der Waals surface area contributed by atoms with Crippen LogP contribution in [-0.4, -0.2) is 0 Å². The molecule has 0 spiro atoms. The second-order valence-corrected chi connectivity index (χ2v) is 4.80. The van der Waals surface area contributed by atoms with Crippen molar-refractivity contribution in [1.29, 1.82) is 0 Å². The zero-order valence-electron chi connectivity index (χ0n) is 8.38. The van der Waals surface area contributed by atoms with Crippen molar-refractivity contribution in [3.05, 3.63) is 58.1 Å². The topological polar surface area (TPSA) is 0 Å². The quantitative estimate of drug-likeness (QED) is 0.637. The number of benzene rings is 2. The van der Waals surface area contributed by atoms with E-state index in [1.54, 1.807) is 0 Å². The molecule has 0 aliphatic carbocycles. The monoisotopic (exact) mass is 314 g/mol. The molecule has 0 aromatic heterocycles. The van der Waals surface area contributed by atoms with Gasteiger partial charge in [0.25, 0.3) is 0 Å². The van der Waals surface area contributed by atoms with E-state index in [1.807, 2.05) is 30.3 Å². The summed E-state index contributed by atoms with van der Waals surface area (Å²) in [7, 11) is 0. The average molecular weight is 316 g/mol. The fourth-order valence-electron chi connectivity index (χ4n) is 1.53. The van der Waals surface area contributed by atoms with E-state index in [2.05, 4.69) is 28.1 Å². The van der Waals surface area contributed by atoms with Crippen LogP contribution in [0.25, 0.3) is 11.1 Å². The summed E-state index contributed by atoms with van der Waals surface area (Å²) in [4.78, 5) is 0. The molecule has 3 heteroatoms. The molecule has 0 heterocycles. The lowest BCUT2D eigenvalue weighted by atomic mass is 10.0. The molecule has 0 aliphatic rings. The second kappa shape index (κ2) is 5.22. The van der Waals surface area contributed by atoms with E-state index in [1.165, 1.54) is 5.56 Å². The van der Waals surface area contributed by atoms with Crippen LogP contribution in [-0.2, 0) is 5.33 Å². The molecule has 82 valence electrons. The van der Waals surface area contributed by atoms with Gasteiger partial charge >= 0.3 is 0 Å². The van der Waals surface area contributed by atoms with E-state index < -0.39 is 0 Å². The Bertz CT molecular complexity index is 472. The predicted molar refractivity (Wildman–Crippen MR) is 74.5 cm³/mol. The minimum atomic E-state index is 0.680. The number of hydrogen-bond acceptors (Lipinski definition) is 0. The smallest absolute Gasteiger partial charge is 0.0499 e. The zero-order chi connectivity index (χ0) is 11.5. The molecule has 0 fully saturated rings. The summed E-state index contributed by atoms with van der Waals surface area (Å²) in [5.74, 6) is 0. The number of hydrogen-bond donors (Lipinski definition) is 0. The van der Waals surface area contributed by atoms with Crippen LogP contribution >= 0.6 is 39.1 Å². The van der Waals surface area contributed by atoms with Crippen molar-refractivity contribution < 1.29 is 0 Å². The van der Waals surface area contributed by atoms with Crippen LogP contribution in [0.3, 0.4) is 0 Å². The Kier molecular flexibility index (Phi) is 3.91. The molecule has 0 unspecified atom stereocenters. The molecule has 2 rings (SSSR count). The van der Waals surface area contributed by atoms with Crippen molar-refractivity contribution in [2.75, 3.05) is 0 Å². The lowest BCUT2D eigenvalue weighted by molar-refractivity contribution is 1.43. The van der Waals surface area contributed by atoms with Gasteiger partial charge < -0.3 is 0 Å². The maximum absolute atomic E-state index is 6.14. The molecule has 2 aromatic carbocycles. The highest BCUT2D eigenvalue weighted by molar-refractivity contribution is 9.08. The molecule has 0 nitrogen and oxygen atoms in total. The molecule has 0 saturated carbocycles. The standard InChI is InChI=1S/C13H9BrCl2/c14-8-9-4-6-10(7-5-9)13-11(15)2-1-3-12(13)16/h1-7H,8H2. The minimum Gasteiger partial charge on any atom is -0.0876 e. The van der Waals surface area contributed by atoms with Gasteiger partial charge in [-0.1, -0.05) is 69.5 Å². The van der Waals surface area contributed by atoms with Crippen molar-refractivity contribution in [1.82, 2.24) is 0 Å². The molecule has 0 N–H and O–H groups in total. The van der Waals surface area contributed by atoms with Gasteiger partial charge in [0, 0.05) is 20.9 Å². The molecule has 0 atom stereocenters. The highest BCUT2D eigenvalue weighted by Crippen LogP contribution is 2.34. The Morgan fingerprint density at radius 1 is 0.875 bits per heavy atom. The summed E-state index contributed by atoms with van der Waals surface area (Å²) in [5.41, 5.74) is 3.17. The van der Waals surface area contributed by atoms with E-state index in [4.69, 9.17) is 23.2 Å². The molecule has 0 aliphatic heterocycles. The van der Waals surface area contributed by atoms with E-state index in [9.17, 15) is 0 Å². The van der Waals surface area contributed by atoms with Crippen LogP contribution in [0.15, 0.2) is 42.5 Å². The predicted octanol–water partition coefficient (Wildman–Crippen LogP) is 5.56. The van der Waals surface area contributed by atoms with Crippen LogP contribution in [0.4, 0.5) is 0 Å². The van der Waals surface area contributed by atoms with Crippen LogP contribution in [0, 0.1) is 0 Å². The fraction of sp³-hybridized carbons (Fsp3) is 0.0769. The first-order valence-electron chi connectivity index (χ1n) is 4.81. The summed E-state index contributed by atoms with van der Waals surface area (Å²) in [6, 6.07) is 13.7. The first-order valence-corrected chi connectivity index (χ1v) is 6.69. The van der Waals surface area contributed by atoms with Crippen molar-refractivity contribution in [3.63, 3.8) is 0 Å². The van der Waals surface area contributed by atoms with Gasteiger partial charge in [0.1, 0.15) is 0 Å². The third kappa shape index (κ3) is 2.42. The Labute approximate surface area is 113 Å². The fourth-order valence-corrected chi connectivity index (χ4v) is 2.52. The van der Waals surface area contributed by atoms with Crippen LogP contribution in [0.1, 0.15) is 5.56 Å². The van der Waals surface area contributed by atoms with Gasteiger partial charge in [0.05, 0.1) is 0 Å². The van der Waals surface area contributed by atoms with Crippen molar-refractivity contribution in [3.8, 4) is 11.1 Å². The molecular formula is C13H9BrCl2. The summed E-state index contributed by atoms with van der Waals surface area (Å²) in [6.45, 7) is 0. The largest absolute Gasteiger partial charge is 0.0876 e. The van der Waals surface area contributed by atoms with E-state index in [-0.39, 0.29) is 0 Å². The van der Waals surface area contributed by atoms with E-state index >= 15 is 0 Å². The van der Waals surface area contributed by atoms with E-state index in [0.717, 1.165) is 16.5 Å².